The van der Waals surface area contributed by atoms with E-state index >= 15 is 0 Å². The van der Waals surface area contributed by atoms with E-state index in [0.29, 0.717) is 17.9 Å². The molecule has 3 fully saturated rings. The van der Waals surface area contributed by atoms with E-state index in [-0.39, 0.29) is 5.82 Å². The van der Waals surface area contributed by atoms with E-state index in [4.69, 9.17) is 0 Å². The largest absolute Gasteiger partial charge is 0.411 e. The van der Waals surface area contributed by atoms with Gasteiger partial charge >= 0.3 is 0 Å². The van der Waals surface area contributed by atoms with Gasteiger partial charge in [0.25, 0.3) is 0 Å². The number of halogens is 1. The van der Waals surface area contributed by atoms with E-state index in [0.717, 1.165) is 37.6 Å². The van der Waals surface area contributed by atoms with Crippen LogP contribution in [0.15, 0.2) is 29.4 Å². The van der Waals surface area contributed by atoms with Crippen molar-refractivity contribution >= 4 is 11.4 Å². The van der Waals surface area contributed by atoms with Crippen LogP contribution in [-0.4, -0.2) is 48.0 Å². The quantitative estimate of drug-likeness (QED) is 0.674. The lowest BCUT2D eigenvalue weighted by atomic mass is 9.91. The molecule has 1 N–H and O–H groups in total. The van der Waals surface area contributed by atoms with Gasteiger partial charge in [-0.15, -0.1) is 0 Å². The van der Waals surface area contributed by atoms with Gasteiger partial charge in [-0.1, -0.05) is 5.16 Å². The summed E-state index contributed by atoms with van der Waals surface area (Å²) in [5.74, 6) is 0.997. The summed E-state index contributed by atoms with van der Waals surface area (Å²) < 4.78 is 13.0. The summed E-state index contributed by atoms with van der Waals surface area (Å²) in [4.78, 5) is 4.79. The van der Waals surface area contributed by atoms with E-state index in [9.17, 15) is 9.60 Å². The molecule has 1 saturated heterocycles. The second kappa shape index (κ2) is 5.54. The molecule has 3 aliphatic rings. The van der Waals surface area contributed by atoms with E-state index in [1.807, 2.05) is 12.1 Å². The molecule has 1 heterocycles. The Morgan fingerprint density at radius 1 is 1.05 bits per heavy atom. The predicted octanol–water partition coefficient (Wildman–Crippen LogP) is 2.58. The monoisotopic (exact) mass is 303 g/mol. The molecule has 0 amide bonds. The molecular weight excluding hydrogens is 281 g/mol. The average molecular weight is 303 g/mol. The van der Waals surface area contributed by atoms with E-state index in [2.05, 4.69) is 15.0 Å². The van der Waals surface area contributed by atoms with Crippen molar-refractivity contribution in [2.24, 2.45) is 17.0 Å². The molecule has 118 valence electrons. The Morgan fingerprint density at radius 2 is 1.77 bits per heavy atom. The second-order valence-electron chi connectivity index (χ2n) is 6.74. The highest BCUT2D eigenvalue weighted by atomic mass is 19.1. The van der Waals surface area contributed by atoms with E-state index in [1.165, 1.54) is 31.4 Å². The molecule has 0 radical (unpaired) electrons. The number of rotatable bonds is 2. The van der Waals surface area contributed by atoms with Crippen LogP contribution in [0.3, 0.4) is 0 Å². The fourth-order valence-corrected chi connectivity index (χ4v) is 4.59. The van der Waals surface area contributed by atoms with Gasteiger partial charge in [-0.3, -0.25) is 4.90 Å². The van der Waals surface area contributed by atoms with Gasteiger partial charge in [-0.2, -0.15) is 0 Å². The van der Waals surface area contributed by atoms with Crippen LogP contribution < -0.4 is 4.90 Å². The molecule has 2 aliphatic carbocycles. The molecule has 0 spiro atoms. The number of anilines is 1. The van der Waals surface area contributed by atoms with Gasteiger partial charge in [0.2, 0.25) is 0 Å². The van der Waals surface area contributed by atoms with Crippen molar-refractivity contribution in [1.82, 2.24) is 4.90 Å². The highest BCUT2D eigenvalue weighted by Crippen LogP contribution is 2.45. The van der Waals surface area contributed by atoms with Gasteiger partial charge in [-0.25, -0.2) is 4.39 Å². The summed E-state index contributed by atoms with van der Waals surface area (Å²) in [6.07, 6.45) is 3.66. The molecule has 22 heavy (non-hydrogen) atoms. The van der Waals surface area contributed by atoms with Crippen molar-refractivity contribution in [3.63, 3.8) is 0 Å². The second-order valence-corrected chi connectivity index (χ2v) is 6.74. The van der Waals surface area contributed by atoms with Crippen LogP contribution in [0.5, 0.6) is 0 Å². The number of piperazine rings is 1. The number of fused-ring (bicyclic) bond motifs is 2. The third kappa shape index (κ3) is 2.28. The van der Waals surface area contributed by atoms with Gasteiger partial charge < -0.3 is 10.1 Å². The standard InChI is InChI=1S/C17H22FN3O/c18-14-3-5-15(6-4-14)20-7-9-21(10-8-20)17-13-2-1-12(11-13)16(17)19-22/h3-6,12-13,17,22H,1-2,7-11H2/b19-16-. The smallest absolute Gasteiger partial charge is 0.123 e. The molecular formula is C17H22FN3O. The number of nitrogens with zero attached hydrogens (tertiary/aromatic N) is 3. The minimum absolute atomic E-state index is 0.187. The molecule has 3 unspecified atom stereocenters. The molecule has 1 aromatic carbocycles. The van der Waals surface area contributed by atoms with E-state index in [1.54, 1.807) is 0 Å². The van der Waals surface area contributed by atoms with Crippen LogP contribution in [0.1, 0.15) is 19.3 Å². The molecule has 0 aromatic heterocycles. The van der Waals surface area contributed by atoms with Crippen LogP contribution in [0.4, 0.5) is 10.1 Å². The van der Waals surface area contributed by atoms with E-state index < -0.39 is 0 Å². The summed E-state index contributed by atoms with van der Waals surface area (Å²) in [5.41, 5.74) is 2.11. The lowest BCUT2D eigenvalue weighted by Gasteiger charge is -2.41. The first-order chi connectivity index (χ1) is 10.8. The highest BCUT2D eigenvalue weighted by Gasteiger charge is 2.48. The Labute approximate surface area is 130 Å². The maximum Gasteiger partial charge on any atom is 0.123 e. The Kier molecular flexibility index (Phi) is 3.53. The summed E-state index contributed by atoms with van der Waals surface area (Å²) in [5, 5.41) is 13.0. The summed E-state index contributed by atoms with van der Waals surface area (Å²) >= 11 is 0. The van der Waals surface area contributed by atoms with Gasteiger partial charge in [0.05, 0.1) is 11.8 Å². The fraction of sp³-hybridized carbons (Fsp3) is 0.588. The molecule has 4 nitrogen and oxygen atoms in total. The predicted molar refractivity (Wildman–Crippen MR) is 84.0 cm³/mol. The summed E-state index contributed by atoms with van der Waals surface area (Å²) in [6.45, 7) is 3.84. The maximum atomic E-state index is 13.0. The van der Waals surface area contributed by atoms with Gasteiger partial charge in [0.15, 0.2) is 0 Å². The van der Waals surface area contributed by atoms with Crippen molar-refractivity contribution in [3.8, 4) is 0 Å². The molecule has 2 bridgehead atoms. The lowest BCUT2D eigenvalue weighted by molar-refractivity contribution is 0.181. The zero-order valence-corrected chi connectivity index (χ0v) is 12.7. The highest BCUT2D eigenvalue weighted by molar-refractivity contribution is 5.94. The van der Waals surface area contributed by atoms with Crippen molar-refractivity contribution in [2.45, 2.75) is 25.3 Å². The molecule has 4 rings (SSSR count). The fourth-order valence-electron chi connectivity index (χ4n) is 4.59. The molecule has 1 aromatic rings. The third-order valence-corrected chi connectivity index (χ3v) is 5.66. The van der Waals surface area contributed by atoms with Crippen LogP contribution >= 0.6 is 0 Å². The van der Waals surface area contributed by atoms with Crippen molar-refractivity contribution in [2.75, 3.05) is 31.1 Å². The first-order valence-corrected chi connectivity index (χ1v) is 8.22. The lowest BCUT2D eigenvalue weighted by Crippen LogP contribution is -2.54. The molecule has 3 atom stereocenters. The van der Waals surface area contributed by atoms with Gasteiger partial charge in [0.1, 0.15) is 5.82 Å². The number of hydrogen-bond acceptors (Lipinski definition) is 4. The topological polar surface area (TPSA) is 39.1 Å². The zero-order valence-electron chi connectivity index (χ0n) is 12.7. The van der Waals surface area contributed by atoms with Crippen LogP contribution in [0, 0.1) is 17.7 Å². The van der Waals surface area contributed by atoms with Crippen molar-refractivity contribution < 1.29 is 9.60 Å². The molecule has 2 saturated carbocycles. The molecule has 1 aliphatic heterocycles. The summed E-state index contributed by atoms with van der Waals surface area (Å²) in [7, 11) is 0. The number of oxime groups is 1. The normalized spacial score (nSPS) is 33.8. The Balaban J connectivity index is 1.43. The van der Waals surface area contributed by atoms with Crippen molar-refractivity contribution in [1.29, 1.82) is 0 Å². The van der Waals surface area contributed by atoms with Gasteiger partial charge in [0, 0.05) is 37.8 Å². The molecule has 5 heteroatoms. The number of hydrogen-bond donors (Lipinski definition) is 1. The first kappa shape index (κ1) is 14.0. The minimum Gasteiger partial charge on any atom is -0.411 e. The zero-order chi connectivity index (χ0) is 15.1. The maximum absolute atomic E-state index is 13.0. The SMILES string of the molecule is O/N=C1/C2CCC(C2)C1N1CCN(c2ccc(F)cc2)CC1. The summed E-state index contributed by atoms with van der Waals surface area (Å²) in [6, 6.07) is 7.09. The number of benzene rings is 1. The average Bonchev–Trinajstić information content (AvgIpc) is 3.16. The van der Waals surface area contributed by atoms with Crippen molar-refractivity contribution in [3.05, 3.63) is 30.1 Å². The minimum atomic E-state index is -0.187. The first-order valence-electron chi connectivity index (χ1n) is 8.22. The van der Waals surface area contributed by atoms with Gasteiger partial charge in [-0.05, 0) is 49.4 Å². The third-order valence-electron chi connectivity index (χ3n) is 5.66. The Morgan fingerprint density at radius 3 is 2.45 bits per heavy atom. The Bertz CT molecular complexity index is 566. The Hall–Kier alpha value is -1.62. The van der Waals surface area contributed by atoms with Crippen LogP contribution in [0.2, 0.25) is 0 Å². The van der Waals surface area contributed by atoms with Crippen LogP contribution in [-0.2, 0) is 0 Å². The van der Waals surface area contributed by atoms with Crippen LogP contribution in [0.25, 0.3) is 0 Å².